The molecule has 0 aliphatic carbocycles. The lowest BCUT2D eigenvalue weighted by Crippen LogP contribution is -2.77. The van der Waals surface area contributed by atoms with Crippen LogP contribution in [0, 0.1) is 0 Å². The molecule has 9 N–H and O–H groups in total. The van der Waals surface area contributed by atoms with Crippen LogP contribution in [0.5, 0.6) is 0 Å². The van der Waals surface area contributed by atoms with E-state index in [1.165, 1.54) is 0 Å². The van der Waals surface area contributed by atoms with Crippen molar-refractivity contribution in [1.82, 2.24) is 10.2 Å². The number of guanidine groups is 2. The van der Waals surface area contributed by atoms with Crippen LogP contribution in [0.15, 0.2) is 9.98 Å². The van der Waals surface area contributed by atoms with Crippen molar-refractivity contribution in [3.63, 3.8) is 0 Å². The van der Waals surface area contributed by atoms with Gasteiger partial charge in [-0.2, -0.15) is 8.42 Å². The predicted molar refractivity (Wildman–Crippen MR) is 74.1 cm³/mol. The van der Waals surface area contributed by atoms with Crippen molar-refractivity contribution in [2.75, 3.05) is 13.2 Å². The molecule has 23 heavy (non-hydrogen) atoms. The van der Waals surface area contributed by atoms with Gasteiger partial charge >= 0.3 is 10.4 Å². The molecule has 1 fully saturated rings. The third-order valence-corrected chi connectivity index (χ3v) is 4.65. The van der Waals surface area contributed by atoms with Gasteiger partial charge in [0.2, 0.25) is 5.79 Å². The Morgan fingerprint density at radius 3 is 2.61 bits per heavy atom. The summed E-state index contributed by atoms with van der Waals surface area (Å²) in [6.45, 7) is -0.952. The molecule has 0 aromatic carbocycles. The van der Waals surface area contributed by atoms with Crippen LogP contribution in [0.3, 0.4) is 0 Å². The average molecular weight is 352 g/mol. The van der Waals surface area contributed by atoms with Gasteiger partial charge in [0.05, 0.1) is 13.2 Å². The molecule has 13 nitrogen and oxygen atoms in total. The van der Waals surface area contributed by atoms with Crippen LogP contribution >= 0.6 is 0 Å². The number of aliphatic imine (C=N–C) groups is 2. The minimum absolute atomic E-state index is 0.177. The summed E-state index contributed by atoms with van der Waals surface area (Å²) in [4.78, 5) is 9.11. The molecule has 4 atom stereocenters. The number of hydrogen-bond donors (Lipinski definition) is 7. The average Bonchev–Trinajstić information content (AvgIpc) is 2.86. The quantitative estimate of drug-likeness (QED) is 0.188. The highest BCUT2D eigenvalue weighted by molar-refractivity contribution is 7.80. The van der Waals surface area contributed by atoms with Crippen molar-refractivity contribution in [3.8, 4) is 0 Å². The molecule has 3 rings (SSSR count). The van der Waals surface area contributed by atoms with E-state index in [4.69, 9.17) is 16.0 Å². The Bertz CT molecular complexity index is 693. The Balaban J connectivity index is 2.11. The predicted octanol–water partition coefficient (Wildman–Crippen LogP) is -5.16. The first kappa shape index (κ1) is 16.2. The van der Waals surface area contributed by atoms with Crippen LogP contribution in [-0.4, -0.2) is 87.9 Å². The van der Waals surface area contributed by atoms with Crippen molar-refractivity contribution >= 4 is 22.3 Å². The summed E-state index contributed by atoms with van der Waals surface area (Å²) in [6.07, 6.45) is -1.81. The summed E-state index contributed by atoms with van der Waals surface area (Å²) >= 11 is 0. The molecule has 1 spiro atoms. The minimum atomic E-state index is -4.98. The molecule has 1 saturated heterocycles. The van der Waals surface area contributed by atoms with Crippen molar-refractivity contribution in [1.29, 1.82) is 0 Å². The van der Waals surface area contributed by atoms with Gasteiger partial charge < -0.3 is 37.0 Å². The molecule has 3 heterocycles. The number of aliphatic hydroxyl groups excluding tert-OH is 1. The zero-order valence-electron chi connectivity index (χ0n) is 11.6. The highest BCUT2D eigenvalue weighted by Gasteiger charge is 2.74. The van der Waals surface area contributed by atoms with Crippen LogP contribution in [0.25, 0.3) is 0 Å². The van der Waals surface area contributed by atoms with Crippen LogP contribution in [0.4, 0.5) is 0 Å². The lowest BCUT2D eigenvalue weighted by molar-refractivity contribution is -0.252. The van der Waals surface area contributed by atoms with Crippen molar-refractivity contribution in [2.24, 2.45) is 21.5 Å². The fourth-order valence-electron chi connectivity index (χ4n) is 3.30. The van der Waals surface area contributed by atoms with E-state index in [0.29, 0.717) is 0 Å². The van der Waals surface area contributed by atoms with E-state index in [9.17, 15) is 23.7 Å². The fourth-order valence-corrected chi connectivity index (χ4v) is 3.79. The van der Waals surface area contributed by atoms with Crippen molar-refractivity contribution < 1.29 is 32.5 Å². The van der Waals surface area contributed by atoms with E-state index in [2.05, 4.69) is 19.5 Å². The standard InChI is InChI=1S/C9H16N6O7S/c10-6-13-5-3(2-16)12-7(11)15-1-4(22-23(19,20)21)9(17,18)8(5,15)14-6/h3-5,16-18H,1-2H2,(H2,11,12)(H3,10,13,14)(H,19,20,21). The zero-order valence-corrected chi connectivity index (χ0v) is 12.4. The molecule has 0 aromatic heterocycles. The highest BCUT2D eigenvalue weighted by atomic mass is 32.3. The van der Waals surface area contributed by atoms with Gasteiger partial charge in [-0.05, 0) is 0 Å². The van der Waals surface area contributed by atoms with E-state index >= 15 is 0 Å². The van der Waals surface area contributed by atoms with Crippen LogP contribution in [-0.2, 0) is 14.6 Å². The summed E-state index contributed by atoms with van der Waals surface area (Å²) in [5.41, 5.74) is 9.48. The lowest BCUT2D eigenvalue weighted by Gasteiger charge is -2.48. The summed E-state index contributed by atoms with van der Waals surface area (Å²) in [6, 6.07) is -2.02. The third kappa shape index (κ3) is 2.07. The summed E-state index contributed by atoms with van der Waals surface area (Å²) in [7, 11) is -4.98. The second-order valence-corrected chi connectivity index (χ2v) is 6.49. The second-order valence-electron chi connectivity index (χ2n) is 5.44. The molecule has 0 aromatic rings. The maximum absolute atomic E-state index is 11.0. The Morgan fingerprint density at radius 1 is 1.39 bits per heavy atom. The van der Waals surface area contributed by atoms with Crippen LogP contribution < -0.4 is 16.8 Å². The SMILES string of the molecule is NC1=NC2C(CO)N=C(N)N3CC(OS(=O)(=O)O)C(O)(O)C23N1. The van der Waals surface area contributed by atoms with Gasteiger partial charge in [-0.3, -0.25) is 4.55 Å². The van der Waals surface area contributed by atoms with E-state index in [-0.39, 0.29) is 11.9 Å². The lowest BCUT2D eigenvalue weighted by atomic mass is 9.86. The van der Waals surface area contributed by atoms with Gasteiger partial charge in [-0.25, -0.2) is 14.2 Å². The molecular weight excluding hydrogens is 336 g/mol. The molecule has 0 radical (unpaired) electrons. The Hall–Kier alpha value is -1.71. The van der Waals surface area contributed by atoms with Gasteiger partial charge in [0.25, 0.3) is 0 Å². The number of nitrogens with one attached hydrogen (secondary N) is 1. The van der Waals surface area contributed by atoms with E-state index < -0.39 is 53.2 Å². The molecule has 3 aliphatic rings. The molecule has 130 valence electrons. The molecule has 0 saturated carbocycles. The molecular formula is C9H16N6O7S. The number of hydrogen-bond acceptors (Lipinski definition) is 12. The number of nitrogens with zero attached hydrogens (tertiary/aromatic N) is 3. The molecule has 0 amide bonds. The normalized spacial score (nSPS) is 38.4. The first-order valence-electron chi connectivity index (χ1n) is 6.46. The zero-order chi connectivity index (χ0) is 17.2. The van der Waals surface area contributed by atoms with Gasteiger partial charge in [-0.15, -0.1) is 0 Å². The maximum atomic E-state index is 11.0. The number of aliphatic hydroxyl groups is 3. The monoisotopic (exact) mass is 352 g/mol. The van der Waals surface area contributed by atoms with Crippen LogP contribution in [0.1, 0.15) is 0 Å². The Morgan fingerprint density at radius 2 is 2.04 bits per heavy atom. The summed E-state index contributed by atoms with van der Waals surface area (Å²) in [5.74, 6) is -3.26. The van der Waals surface area contributed by atoms with Crippen LogP contribution in [0.2, 0.25) is 0 Å². The van der Waals surface area contributed by atoms with Gasteiger partial charge in [0.1, 0.15) is 12.1 Å². The highest BCUT2D eigenvalue weighted by Crippen LogP contribution is 2.45. The Labute approximate surface area is 130 Å². The topological polar surface area (TPSA) is 216 Å². The van der Waals surface area contributed by atoms with Crippen molar-refractivity contribution in [2.45, 2.75) is 29.6 Å². The first-order valence-corrected chi connectivity index (χ1v) is 7.83. The van der Waals surface area contributed by atoms with E-state index in [1.54, 1.807) is 0 Å². The maximum Gasteiger partial charge on any atom is 0.397 e. The first-order chi connectivity index (χ1) is 10.5. The summed E-state index contributed by atoms with van der Waals surface area (Å²) in [5, 5.41) is 33.1. The molecule has 14 heteroatoms. The molecule has 3 aliphatic heterocycles. The molecule has 4 unspecified atom stereocenters. The minimum Gasteiger partial charge on any atom is -0.394 e. The van der Waals surface area contributed by atoms with Gasteiger partial charge in [-0.1, -0.05) is 0 Å². The van der Waals surface area contributed by atoms with Crippen molar-refractivity contribution in [3.05, 3.63) is 0 Å². The second kappa shape index (κ2) is 4.65. The van der Waals surface area contributed by atoms with Gasteiger partial charge in [0.15, 0.2) is 23.7 Å². The van der Waals surface area contributed by atoms with Gasteiger partial charge in [0, 0.05) is 0 Å². The fraction of sp³-hybridized carbons (Fsp3) is 0.778. The molecule has 0 bridgehead atoms. The smallest absolute Gasteiger partial charge is 0.394 e. The number of nitrogens with two attached hydrogens (primary N) is 2. The summed E-state index contributed by atoms with van der Waals surface area (Å²) < 4.78 is 35.1. The van der Waals surface area contributed by atoms with E-state index in [1.807, 2.05) is 0 Å². The van der Waals surface area contributed by atoms with E-state index in [0.717, 1.165) is 4.90 Å². The third-order valence-electron chi connectivity index (χ3n) is 4.17. The Kier molecular flexibility index (Phi) is 3.27. The largest absolute Gasteiger partial charge is 0.397 e. The number of rotatable bonds is 3.